The second-order valence-electron chi connectivity index (χ2n) is 7.82. The number of hydrogen-bond acceptors (Lipinski definition) is 4. The molecule has 0 atom stereocenters. The lowest BCUT2D eigenvalue weighted by molar-refractivity contribution is -0.114. The molecular formula is C22H26N4O2S. The first-order valence-electron chi connectivity index (χ1n) is 10.1. The van der Waals surface area contributed by atoms with Gasteiger partial charge in [-0.1, -0.05) is 19.3 Å². The van der Waals surface area contributed by atoms with E-state index in [2.05, 4.69) is 15.3 Å². The molecule has 0 unspecified atom stereocenters. The predicted molar refractivity (Wildman–Crippen MR) is 118 cm³/mol. The van der Waals surface area contributed by atoms with E-state index in [1.165, 1.54) is 37.5 Å². The Bertz CT molecular complexity index is 1080. The molecule has 0 aliphatic heterocycles. The van der Waals surface area contributed by atoms with Crippen molar-refractivity contribution in [2.24, 2.45) is 0 Å². The summed E-state index contributed by atoms with van der Waals surface area (Å²) in [4.78, 5) is 25.9. The summed E-state index contributed by atoms with van der Waals surface area (Å²) in [6.07, 6.45) is 6.12. The Morgan fingerprint density at radius 2 is 1.86 bits per heavy atom. The largest absolute Gasteiger partial charge is 0.326 e. The molecule has 4 rings (SSSR count). The summed E-state index contributed by atoms with van der Waals surface area (Å²) in [5, 5.41) is 11.6. The number of carbonyl (C=O) groups is 2. The van der Waals surface area contributed by atoms with Gasteiger partial charge >= 0.3 is 0 Å². The third-order valence-corrected chi connectivity index (χ3v) is 6.63. The number of aromatic nitrogens is 2. The van der Waals surface area contributed by atoms with E-state index in [4.69, 9.17) is 5.10 Å². The van der Waals surface area contributed by atoms with E-state index < -0.39 is 0 Å². The highest BCUT2D eigenvalue weighted by molar-refractivity contribution is 7.20. The first-order valence-corrected chi connectivity index (χ1v) is 10.9. The molecule has 7 heteroatoms. The predicted octanol–water partition coefficient (Wildman–Crippen LogP) is 5.43. The second kappa shape index (κ2) is 7.99. The zero-order valence-electron chi connectivity index (χ0n) is 17.0. The Morgan fingerprint density at radius 1 is 1.10 bits per heavy atom. The fraction of sp³-hybridized carbons (Fsp3) is 0.409. The number of carbonyl (C=O) groups excluding carboxylic acids is 2. The van der Waals surface area contributed by atoms with Gasteiger partial charge in [0.05, 0.1) is 16.6 Å². The zero-order chi connectivity index (χ0) is 20.5. The average Bonchev–Trinajstić information content (AvgIpc) is 3.25. The minimum atomic E-state index is -0.118. The highest BCUT2D eigenvalue weighted by Crippen LogP contribution is 2.35. The van der Waals surface area contributed by atoms with Gasteiger partial charge in [-0.25, -0.2) is 0 Å². The number of amides is 2. The molecule has 3 aromatic rings. The fourth-order valence-corrected chi connectivity index (χ4v) is 5.15. The molecule has 2 N–H and O–H groups in total. The summed E-state index contributed by atoms with van der Waals surface area (Å²) in [7, 11) is 0. The lowest BCUT2D eigenvalue weighted by Crippen LogP contribution is -2.14. The Kier molecular flexibility index (Phi) is 5.41. The minimum Gasteiger partial charge on any atom is -0.326 e. The topological polar surface area (TPSA) is 76.0 Å². The van der Waals surface area contributed by atoms with Gasteiger partial charge in [0.2, 0.25) is 5.91 Å². The summed E-state index contributed by atoms with van der Waals surface area (Å²) in [6, 6.07) is 7.88. The van der Waals surface area contributed by atoms with Crippen LogP contribution < -0.4 is 10.6 Å². The summed E-state index contributed by atoms with van der Waals surface area (Å²) < 4.78 is 2.15. The lowest BCUT2D eigenvalue weighted by Gasteiger charge is -2.22. The molecule has 0 spiro atoms. The van der Waals surface area contributed by atoms with Crippen molar-refractivity contribution in [2.75, 3.05) is 10.6 Å². The van der Waals surface area contributed by atoms with Crippen LogP contribution in [0, 0.1) is 13.8 Å². The van der Waals surface area contributed by atoms with E-state index in [0.29, 0.717) is 16.6 Å². The van der Waals surface area contributed by atoms with Crippen molar-refractivity contribution in [3.63, 3.8) is 0 Å². The number of anilines is 2. The number of hydrogen-bond donors (Lipinski definition) is 2. The first-order chi connectivity index (χ1) is 13.9. The standard InChI is InChI=1S/C22H26N4O2S/c1-13-11-16(9-10-19(13)23-15(3)27)24-21(28)20-12-18-14(2)25-26(22(18)29-20)17-7-5-4-6-8-17/h9-12,17H,4-8H2,1-3H3,(H,23,27)(H,24,28). The van der Waals surface area contributed by atoms with Gasteiger partial charge in [0.25, 0.3) is 5.91 Å². The smallest absolute Gasteiger partial charge is 0.265 e. The third kappa shape index (κ3) is 4.05. The van der Waals surface area contributed by atoms with Gasteiger partial charge in [-0.2, -0.15) is 5.10 Å². The molecule has 29 heavy (non-hydrogen) atoms. The molecule has 152 valence electrons. The van der Waals surface area contributed by atoms with Crippen LogP contribution in [-0.4, -0.2) is 21.6 Å². The van der Waals surface area contributed by atoms with E-state index in [-0.39, 0.29) is 11.8 Å². The summed E-state index contributed by atoms with van der Waals surface area (Å²) in [5.41, 5.74) is 3.35. The maximum Gasteiger partial charge on any atom is 0.265 e. The van der Waals surface area contributed by atoms with Gasteiger partial charge in [-0.15, -0.1) is 11.3 Å². The zero-order valence-corrected chi connectivity index (χ0v) is 17.9. The summed E-state index contributed by atoms with van der Waals surface area (Å²) >= 11 is 1.51. The number of fused-ring (bicyclic) bond motifs is 1. The van der Waals surface area contributed by atoms with Crippen molar-refractivity contribution in [2.45, 2.75) is 58.9 Å². The SMILES string of the molecule is CC(=O)Nc1ccc(NC(=O)c2cc3c(C)nn(C4CCCCC4)c3s2)cc1C. The fourth-order valence-electron chi connectivity index (χ4n) is 4.02. The van der Waals surface area contributed by atoms with E-state index in [9.17, 15) is 9.59 Å². The molecule has 6 nitrogen and oxygen atoms in total. The Morgan fingerprint density at radius 3 is 2.55 bits per heavy atom. The molecule has 1 aliphatic rings. The molecule has 0 bridgehead atoms. The number of nitrogens with one attached hydrogen (secondary N) is 2. The van der Waals surface area contributed by atoms with Crippen molar-refractivity contribution in [1.29, 1.82) is 0 Å². The van der Waals surface area contributed by atoms with Crippen molar-refractivity contribution >= 4 is 44.7 Å². The minimum absolute atomic E-state index is 0.113. The maximum atomic E-state index is 12.9. The molecule has 2 amide bonds. The van der Waals surface area contributed by atoms with Crippen molar-refractivity contribution in [3.8, 4) is 0 Å². The van der Waals surface area contributed by atoms with E-state index in [1.807, 2.05) is 32.0 Å². The quantitative estimate of drug-likeness (QED) is 0.602. The highest BCUT2D eigenvalue weighted by Gasteiger charge is 2.22. The Labute approximate surface area is 174 Å². The Hall–Kier alpha value is -2.67. The number of nitrogens with zero attached hydrogens (tertiary/aromatic N) is 2. The first kappa shape index (κ1) is 19.6. The molecule has 0 saturated heterocycles. The van der Waals surface area contributed by atoms with Gasteiger partial charge in [0.1, 0.15) is 4.83 Å². The molecule has 2 heterocycles. The van der Waals surface area contributed by atoms with Crippen LogP contribution in [0.25, 0.3) is 10.2 Å². The van der Waals surface area contributed by atoms with E-state index in [0.717, 1.165) is 40.0 Å². The number of benzene rings is 1. The van der Waals surface area contributed by atoms with Gasteiger partial charge in [0.15, 0.2) is 0 Å². The normalized spacial score (nSPS) is 14.9. The van der Waals surface area contributed by atoms with Crippen LogP contribution in [-0.2, 0) is 4.79 Å². The number of rotatable bonds is 4. The van der Waals surface area contributed by atoms with Gasteiger partial charge in [-0.3, -0.25) is 14.3 Å². The molecule has 1 fully saturated rings. The highest BCUT2D eigenvalue weighted by atomic mass is 32.1. The van der Waals surface area contributed by atoms with Crippen molar-refractivity contribution in [1.82, 2.24) is 9.78 Å². The molecular weight excluding hydrogens is 384 g/mol. The van der Waals surface area contributed by atoms with Gasteiger partial charge in [0, 0.05) is 23.7 Å². The Balaban J connectivity index is 1.56. The lowest BCUT2D eigenvalue weighted by atomic mass is 9.96. The summed E-state index contributed by atoms with van der Waals surface area (Å²) in [5.74, 6) is -0.231. The molecule has 1 aromatic carbocycles. The van der Waals surface area contributed by atoms with Gasteiger partial charge in [-0.05, 0) is 56.5 Å². The van der Waals surface area contributed by atoms with Crippen LogP contribution in [0.4, 0.5) is 11.4 Å². The monoisotopic (exact) mass is 410 g/mol. The van der Waals surface area contributed by atoms with E-state index >= 15 is 0 Å². The van der Waals surface area contributed by atoms with Crippen LogP contribution in [0.5, 0.6) is 0 Å². The van der Waals surface area contributed by atoms with Crippen LogP contribution in [0.3, 0.4) is 0 Å². The molecule has 2 aromatic heterocycles. The van der Waals surface area contributed by atoms with Crippen LogP contribution in [0.1, 0.15) is 66.0 Å². The van der Waals surface area contributed by atoms with Gasteiger partial charge < -0.3 is 10.6 Å². The number of thiophene rings is 1. The van der Waals surface area contributed by atoms with Crippen LogP contribution >= 0.6 is 11.3 Å². The third-order valence-electron chi connectivity index (χ3n) is 5.51. The van der Waals surface area contributed by atoms with Crippen LogP contribution in [0.2, 0.25) is 0 Å². The molecule has 1 saturated carbocycles. The number of aryl methyl sites for hydroxylation is 2. The van der Waals surface area contributed by atoms with Crippen molar-refractivity contribution in [3.05, 3.63) is 40.4 Å². The van der Waals surface area contributed by atoms with E-state index in [1.54, 1.807) is 6.07 Å². The molecule has 0 radical (unpaired) electrons. The second-order valence-corrected chi connectivity index (χ2v) is 8.85. The summed E-state index contributed by atoms with van der Waals surface area (Å²) in [6.45, 7) is 5.40. The maximum absolute atomic E-state index is 12.9. The molecule has 1 aliphatic carbocycles. The van der Waals surface area contributed by atoms with Crippen molar-refractivity contribution < 1.29 is 9.59 Å². The van der Waals surface area contributed by atoms with Crippen LogP contribution in [0.15, 0.2) is 24.3 Å². The average molecular weight is 411 g/mol.